The Labute approximate surface area is 116 Å². The van der Waals surface area contributed by atoms with E-state index in [2.05, 4.69) is 0 Å². The van der Waals surface area contributed by atoms with Gasteiger partial charge in [0.2, 0.25) is 0 Å². The largest absolute Gasteiger partial charge is 0.465 e. The number of para-hydroxylation sites is 1. The summed E-state index contributed by atoms with van der Waals surface area (Å²) in [6.45, 7) is 1.89. The van der Waals surface area contributed by atoms with Crippen LogP contribution in [0.4, 0.5) is 0 Å². The normalized spacial score (nSPS) is 9.90. The Morgan fingerprint density at radius 3 is 2.55 bits per heavy atom. The Morgan fingerprint density at radius 2 is 1.85 bits per heavy atom. The molecule has 0 spiro atoms. The van der Waals surface area contributed by atoms with Crippen molar-refractivity contribution in [1.82, 2.24) is 0 Å². The Kier molecular flexibility index (Phi) is 4.15. The minimum absolute atomic E-state index is 0.312. The van der Waals surface area contributed by atoms with E-state index in [1.165, 1.54) is 7.11 Å². The van der Waals surface area contributed by atoms with Crippen LogP contribution in [0.15, 0.2) is 42.5 Å². The Bertz CT molecular complexity index is 647. The maximum Gasteiger partial charge on any atom is 0.341 e. The average Bonchev–Trinajstić information content (AvgIpc) is 2.48. The summed E-state index contributed by atoms with van der Waals surface area (Å²) in [7, 11) is 1.31. The van der Waals surface area contributed by atoms with E-state index in [1.807, 2.05) is 13.0 Å². The third-order valence-electron chi connectivity index (χ3n) is 2.80. The second kappa shape index (κ2) is 6.02. The maximum absolute atomic E-state index is 11.7. The van der Waals surface area contributed by atoms with E-state index >= 15 is 0 Å². The second-order valence-corrected chi connectivity index (χ2v) is 4.25. The minimum Gasteiger partial charge on any atom is -0.465 e. The van der Waals surface area contributed by atoms with Gasteiger partial charge in [-0.25, -0.2) is 4.79 Å². The van der Waals surface area contributed by atoms with Crippen molar-refractivity contribution in [2.24, 2.45) is 0 Å². The van der Waals surface area contributed by atoms with E-state index in [-0.39, 0.29) is 0 Å². The van der Waals surface area contributed by atoms with Crippen LogP contribution in [0.25, 0.3) is 0 Å². The first kappa shape index (κ1) is 13.8. The Morgan fingerprint density at radius 1 is 1.10 bits per heavy atom. The lowest BCUT2D eigenvalue weighted by Crippen LogP contribution is -2.04. The van der Waals surface area contributed by atoms with Crippen LogP contribution in [0.2, 0.25) is 0 Å². The van der Waals surface area contributed by atoms with Gasteiger partial charge in [0.05, 0.1) is 12.7 Å². The molecular weight excluding hydrogens is 256 g/mol. The predicted octanol–water partition coefficient (Wildman–Crippen LogP) is 3.39. The van der Waals surface area contributed by atoms with Crippen LogP contribution < -0.4 is 4.74 Å². The van der Waals surface area contributed by atoms with Crippen molar-refractivity contribution in [1.29, 1.82) is 0 Å². The Balaban J connectivity index is 2.40. The van der Waals surface area contributed by atoms with E-state index < -0.39 is 5.97 Å². The maximum atomic E-state index is 11.7. The zero-order chi connectivity index (χ0) is 14.5. The fraction of sp³-hybridized carbons (Fsp3) is 0.125. The molecule has 20 heavy (non-hydrogen) atoms. The van der Waals surface area contributed by atoms with E-state index in [1.54, 1.807) is 36.4 Å². The first-order valence-corrected chi connectivity index (χ1v) is 6.06. The second-order valence-electron chi connectivity index (χ2n) is 4.25. The zero-order valence-electron chi connectivity index (χ0n) is 11.3. The number of aryl methyl sites for hydroxylation is 1. The molecule has 0 aromatic heterocycles. The molecule has 2 aromatic carbocycles. The van der Waals surface area contributed by atoms with Gasteiger partial charge in [0.15, 0.2) is 6.29 Å². The molecular formula is C16H14O4. The molecule has 2 rings (SSSR count). The van der Waals surface area contributed by atoms with Crippen LogP contribution in [0.3, 0.4) is 0 Å². The number of benzene rings is 2. The SMILES string of the molecule is COC(=O)c1ccccc1Oc1ccc(C)cc1C=O. The third-order valence-corrected chi connectivity index (χ3v) is 2.80. The summed E-state index contributed by atoms with van der Waals surface area (Å²) in [5.74, 6) is 0.272. The smallest absolute Gasteiger partial charge is 0.341 e. The fourth-order valence-corrected chi connectivity index (χ4v) is 1.81. The highest BCUT2D eigenvalue weighted by Crippen LogP contribution is 2.28. The minimum atomic E-state index is -0.486. The topological polar surface area (TPSA) is 52.6 Å². The van der Waals surface area contributed by atoms with Crippen molar-refractivity contribution in [3.8, 4) is 11.5 Å². The van der Waals surface area contributed by atoms with Crippen molar-refractivity contribution in [3.63, 3.8) is 0 Å². The van der Waals surface area contributed by atoms with Gasteiger partial charge in [-0.15, -0.1) is 0 Å². The number of hydrogen-bond acceptors (Lipinski definition) is 4. The summed E-state index contributed by atoms with van der Waals surface area (Å²) < 4.78 is 10.4. The first-order valence-electron chi connectivity index (χ1n) is 6.06. The van der Waals surface area contributed by atoms with Gasteiger partial charge in [0.25, 0.3) is 0 Å². The van der Waals surface area contributed by atoms with Gasteiger partial charge in [0, 0.05) is 0 Å². The predicted molar refractivity (Wildman–Crippen MR) is 74.4 cm³/mol. The fourth-order valence-electron chi connectivity index (χ4n) is 1.81. The summed E-state index contributed by atoms with van der Waals surface area (Å²) in [5.41, 5.74) is 1.71. The number of aldehydes is 1. The van der Waals surface area contributed by atoms with Crippen LogP contribution in [0, 0.1) is 6.92 Å². The molecule has 102 valence electrons. The number of rotatable bonds is 4. The summed E-state index contributed by atoms with van der Waals surface area (Å²) in [5, 5.41) is 0. The molecule has 0 fully saturated rings. The summed E-state index contributed by atoms with van der Waals surface area (Å²) in [6.07, 6.45) is 0.725. The van der Waals surface area contributed by atoms with Crippen LogP contribution in [-0.2, 0) is 4.74 Å². The van der Waals surface area contributed by atoms with Gasteiger partial charge in [0.1, 0.15) is 17.1 Å². The quantitative estimate of drug-likeness (QED) is 0.631. The third kappa shape index (κ3) is 2.85. The summed E-state index contributed by atoms with van der Waals surface area (Å²) in [6, 6.07) is 12.0. The molecule has 0 unspecified atom stereocenters. The van der Waals surface area contributed by atoms with E-state index in [0.717, 1.165) is 11.8 Å². The lowest BCUT2D eigenvalue weighted by Gasteiger charge is -2.11. The molecule has 0 aliphatic carbocycles. The molecule has 2 aromatic rings. The molecule has 0 radical (unpaired) electrons. The van der Waals surface area contributed by atoms with Crippen molar-refractivity contribution in [2.45, 2.75) is 6.92 Å². The molecule has 0 atom stereocenters. The average molecular weight is 270 g/mol. The lowest BCUT2D eigenvalue weighted by atomic mass is 10.1. The van der Waals surface area contributed by atoms with E-state index in [4.69, 9.17) is 9.47 Å². The standard InChI is InChI=1S/C16H14O4/c1-11-7-8-14(12(9-11)10-17)20-15-6-4-3-5-13(15)16(18)19-2/h3-10H,1-2H3. The van der Waals surface area contributed by atoms with Gasteiger partial charge < -0.3 is 9.47 Å². The zero-order valence-corrected chi connectivity index (χ0v) is 11.3. The summed E-state index contributed by atoms with van der Waals surface area (Å²) >= 11 is 0. The Hall–Kier alpha value is -2.62. The molecule has 0 aliphatic heterocycles. The molecule has 4 nitrogen and oxygen atoms in total. The molecule has 4 heteroatoms. The molecule has 0 heterocycles. The van der Waals surface area contributed by atoms with Gasteiger partial charge in [-0.05, 0) is 31.2 Å². The molecule has 0 aliphatic rings. The molecule has 0 saturated heterocycles. The van der Waals surface area contributed by atoms with E-state index in [9.17, 15) is 9.59 Å². The van der Waals surface area contributed by atoms with Gasteiger partial charge >= 0.3 is 5.97 Å². The lowest BCUT2D eigenvalue weighted by molar-refractivity contribution is 0.0598. The van der Waals surface area contributed by atoms with Gasteiger partial charge in [-0.1, -0.05) is 23.8 Å². The molecule has 0 saturated carbocycles. The monoisotopic (exact) mass is 270 g/mol. The van der Waals surface area contributed by atoms with E-state index in [0.29, 0.717) is 22.6 Å². The van der Waals surface area contributed by atoms with Crippen LogP contribution >= 0.6 is 0 Å². The number of carbonyl (C=O) groups is 2. The van der Waals surface area contributed by atoms with Crippen LogP contribution in [0.1, 0.15) is 26.3 Å². The van der Waals surface area contributed by atoms with Gasteiger partial charge in [-0.2, -0.15) is 0 Å². The highest BCUT2D eigenvalue weighted by molar-refractivity contribution is 5.92. The highest BCUT2D eigenvalue weighted by Gasteiger charge is 2.14. The summed E-state index contributed by atoms with van der Waals surface area (Å²) in [4.78, 5) is 22.7. The van der Waals surface area contributed by atoms with Crippen molar-refractivity contribution >= 4 is 12.3 Å². The number of carbonyl (C=O) groups excluding carboxylic acids is 2. The molecule has 0 amide bonds. The molecule has 0 N–H and O–H groups in total. The number of esters is 1. The first-order chi connectivity index (χ1) is 9.65. The van der Waals surface area contributed by atoms with Crippen molar-refractivity contribution < 1.29 is 19.1 Å². The van der Waals surface area contributed by atoms with Crippen molar-refractivity contribution in [2.75, 3.05) is 7.11 Å². The number of ether oxygens (including phenoxy) is 2. The highest BCUT2D eigenvalue weighted by atomic mass is 16.5. The number of hydrogen-bond donors (Lipinski definition) is 0. The molecule has 0 bridgehead atoms. The number of methoxy groups -OCH3 is 1. The van der Waals surface area contributed by atoms with Crippen molar-refractivity contribution in [3.05, 3.63) is 59.2 Å². The van der Waals surface area contributed by atoms with Crippen LogP contribution in [-0.4, -0.2) is 19.4 Å². The van der Waals surface area contributed by atoms with Crippen LogP contribution in [0.5, 0.6) is 11.5 Å². The van der Waals surface area contributed by atoms with Gasteiger partial charge in [-0.3, -0.25) is 4.79 Å².